The van der Waals surface area contributed by atoms with Crippen LogP contribution in [-0.4, -0.2) is 30.9 Å². The average molecular weight is 441 g/mol. The summed E-state index contributed by atoms with van der Waals surface area (Å²) in [5.41, 5.74) is 2.74. The molecule has 176 valence electrons. The van der Waals surface area contributed by atoms with Crippen molar-refractivity contribution in [3.63, 3.8) is 0 Å². The van der Waals surface area contributed by atoms with Crippen LogP contribution in [0.3, 0.4) is 0 Å². The van der Waals surface area contributed by atoms with Crippen LogP contribution in [-0.2, 0) is 4.74 Å². The van der Waals surface area contributed by atoms with E-state index in [1.54, 1.807) is 0 Å². The Morgan fingerprint density at radius 3 is 1.91 bits per heavy atom. The summed E-state index contributed by atoms with van der Waals surface area (Å²) in [6, 6.07) is 15.7. The summed E-state index contributed by atoms with van der Waals surface area (Å²) in [5.74, 6) is 1.01. The normalized spacial score (nSPS) is 11.8. The molecular formula is C28H40O4. The van der Waals surface area contributed by atoms with Crippen LogP contribution in [0.2, 0.25) is 0 Å². The van der Waals surface area contributed by atoms with E-state index in [-0.39, 0.29) is 5.97 Å². The number of benzene rings is 2. The third-order valence-corrected chi connectivity index (χ3v) is 5.83. The van der Waals surface area contributed by atoms with Crippen LogP contribution in [0.25, 0.3) is 11.1 Å². The van der Waals surface area contributed by atoms with Gasteiger partial charge in [0.15, 0.2) is 0 Å². The van der Waals surface area contributed by atoms with Gasteiger partial charge >= 0.3 is 5.97 Å². The minimum atomic E-state index is -0.262. The predicted molar refractivity (Wildman–Crippen MR) is 131 cm³/mol. The van der Waals surface area contributed by atoms with E-state index in [0.717, 1.165) is 49.2 Å². The molecule has 4 heteroatoms. The van der Waals surface area contributed by atoms with Crippen molar-refractivity contribution in [2.75, 3.05) is 19.8 Å². The Morgan fingerprint density at radius 2 is 1.34 bits per heavy atom. The molecule has 2 aromatic carbocycles. The molecule has 4 nitrogen and oxygen atoms in total. The highest BCUT2D eigenvalue weighted by molar-refractivity contribution is 5.90. The van der Waals surface area contributed by atoms with Crippen molar-refractivity contribution in [1.29, 1.82) is 0 Å². The first-order valence-electron chi connectivity index (χ1n) is 12.2. The summed E-state index contributed by atoms with van der Waals surface area (Å²) in [6.07, 6.45) is 10.4. The average Bonchev–Trinajstić information content (AvgIpc) is 2.84. The summed E-state index contributed by atoms with van der Waals surface area (Å²) in [6.45, 7) is 5.70. The van der Waals surface area contributed by atoms with E-state index in [2.05, 4.69) is 26.0 Å². The number of hydrogen-bond donors (Lipinski definition) is 1. The van der Waals surface area contributed by atoms with Crippen LogP contribution >= 0.6 is 0 Å². The zero-order valence-corrected chi connectivity index (χ0v) is 19.9. The minimum Gasteiger partial charge on any atom is -0.494 e. The minimum absolute atomic E-state index is 0.262. The lowest BCUT2D eigenvalue weighted by Crippen LogP contribution is -2.11. The lowest BCUT2D eigenvalue weighted by molar-refractivity contribution is 0.0447. The van der Waals surface area contributed by atoms with Gasteiger partial charge in [-0.15, -0.1) is 0 Å². The molecule has 0 aliphatic rings. The topological polar surface area (TPSA) is 55.8 Å². The summed E-state index contributed by atoms with van der Waals surface area (Å²) >= 11 is 0. The van der Waals surface area contributed by atoms with Crippen molar-refractivity contribution in [2.24, 2.45) is 5.92 Å². The monoisotopic (exact) mass is 440 g/mol. The van der Waals surface area contributed by atoms with Gasteiger partial charge in [-0.25, -0.2) is 4.79 Å². The molecule has 0 heterocycles. The summed E-state index contributed by atoms with van der Waals surface area (Å²) in [4.78, 5) is 12.1. The van der Waals surface area contributed by atoms with Crippen LogP contribution in [0.4, 0.5) is 0 Å². The summed E-state index contributed by atoms with van der Waals surface area (Å²) in [5, 5.41) is 8.77. The van der Waals surface area contributed by atoms with Gasteiger partial charge in [0.25, 0.3) is 0 Å². The zero-order chi connectivity index (χ0) is 23.0. The largest absolute Gasteiger partial charge is 0.494 e. The predicted octanol–water partition coefficient (Wildman–Crippen LogP) is 7.05. The first kappa shape index (κ1) is 25.9. The molecule has 0 bridgehead atoms. The van der Waals surface area contributed by atoms with Crippen molar-refractivity contribution < 1.29 is 19.4 Å². The van der Waals surface area contributed by atoms with E-state index in [1.807, 2.05) is 36.4 Å². The Morgan fingerprint density at radius 1 is 0.812 bits per heavy atom. The summed E-state index contributed by atoms with van der Waals surface area (Å²) < 4.78 is 11.2. The van der Waals surface area contributed by atoms with Gasteiger partial charge in [0.1, 0.15) is 5.75 Å². The maximum Gasteiger partial charge on any atom is 0.338 e. The maximum absolute atomic E-state index is 12.1. The Hall–Kier alpha value is -2.33. The van der Waals surface area contributed by atoms with E-state index in [0.29, 0.717) is 24.7 Å². The number of ether oxygens (including phenoxy) is 2. The lowest BCUT2D eigenvalue weighted by atomic mass is 10.0. The molecule has 32 heavy (non-hydrogen) atoms. The fourth-order valence-electron chi connectivity index (χ4n) is 3.43. The highest BCUT2D eigenvalue weighted by Gasteiger charge is 2.09. The number of rotatable bonds is 16. The summed E-state index contributed by atoms with van der Waals surface area (Å²) in [7, 11) is 0. The Labute approximate surface area is 194 Å². The van der Waals surface area contributed by atoms with Gasteiger partial charge in [-0.05, 0) is 54.2 Å². The molecule has 0 spiro atoms. The van der Waals surface area contributed by atoms with Gasteiger partial charge < -0.3 is 14.6 Å². The molecule has 0 aliphatic carbocycles. The SMILES string of the molecule is CCC(C)COC(=O)c1ccc(-c2ccc(OCCCCCCCCCCO)cc2)cc1. The first-order chi connectivity index (χ1) is 15.6. The van der Waals surface area contributed by atoms with Crippen LogP contribution in [0, 0.1) is 5.92 Å². The molecule has 0 aliphatic heterocycles. The Bertz CT molecular complexity index is 752. The second-order valence-corrected chi connectivity index (χ2v) is 8.61. The number of aliphatic hydroxyl groups is 1. The van der Waals surface area contributed by atoms with E-state index in [4.69, 9.17) is 14.6 Å². The third-order valence-electron chi connectivity index (χ3n) is 5.83. The zero-order valence-electron chi connectivity index (χ0n) is 19.9. The van der Waals surface area contributed by atoms with E-state index >= 15 is 0 Å². The smallest absolute Gasteiger partial charge is 0.338 e. The van der Waals surface area contributed by atoms with Gasteiger partial charge in [0.05, 0.1) is 18.8 Å². The van der Waals surface area contributed by atoms with Gasteiger partial charge in [-0.3, -0.25) is 0 Å². The van der Waals surface area contributed by atoms with E-state index < -0.39 is 0 Å². The fourth-order valence-corrected chi connectivity index (χ4v) is 3.43. The molecule has 1 unspecified atom stereocenters. The maximum atomic E-state index is 12.1. The van der Waals surface area contributed by atoms with Crippen molar-refractivity contribution >= 4 is 5.97 Å². The van der Waals surface area contributed by atoms with Crippen molar-refractivity contribution in [3.05, 3.63) is 54.1 Å². The molecule has 2 rings (SSSR count). The Kier molecular flexibility index (Phi) is 12.5. The van der Waals surface area contributed by atoms with Crippen molar-refractivity contribution in [2.45, 2.75) is 71.6 Å². The molecule has 2 aromatic rings. The molecule has 0 amide bonds. The molecule has 0 saturated heterocycles. The molecule has 0 saturated carbocycles. The van der Waals surface area contributed by atoms with Gasteiger partial charge in [-0.1, -0.05) is 83.1 Å². The molecule has 1 atom stereocenters. The van der Waals surface area contributed by atoms with Crippen LogP contribution in [0.1, 0.15) is 82.0 Å². The number of hydrogen-bond acceptors (Lipinski definition) is 4. The second kappa shape index (κ2) is 15.5. The molecule has 0 aromatic heterocycles. The second-order valence-electron chi connectivity index (χ2n) is 8.61. The number of unbranched alkanes of at least 4 members (excludes halogenated alkanes) is 7. The molecule has 1 N–H and O–H groups in total. The third kappa shape index (κ3) is 9.86. The van der Waals surface area contributed by atoms with Gasteiger partial charge in [0, 0.05) is 6.61 Å². The van der Waals surface area contributed by atoms with Crippen LogP contribution < -0.4 is 4.74 Å². The number of aliphatic hydroxyl groups excluding tert-OH is 1. The lowest BCUT2D eigenvalue weighted by Gasteiger charge is -2.10. The highest BCUT2D eigenvalue weighted by atomic mass is 16.5. The van der Waals surface area contributed by atoms with Crippen LogP contribution in [0.15, 0.2) is 48.5 Å². The van der Waals surface area contributed by atoms with Crippen molar-refractivity contribution in [3.8, 4) is 16.9 Å². The number of esters is 1. The van der Waals surface area contributed by atoms with Gasteiger partial charge in [0.2, 0.25) is 0 Å². The quantitative estimate of drug-likeness (QED) is 0.224. The van der Waals surface area contributed by atoms with Crippen LogP contribution in [0.5, 0.6) is 5.75 Å². The molecule has 0 radical (unpaired) electrons. The Balaban J connectivity index is 1.68. The highest BCUT2D eigenvalue weighted by Crippen LogP contribution is 2.23. The number of carbonyl (C=O) groups is 1. The fraction of sp³-hybridized carbons (Fsp3) is 0.536. The van der Waals surface area contributed by atoms with Gasteiger partial charge in [-0.2, -0.15) is 0 Å². The van der Waals surface area contributed by atoms with E-state index in [1.165, 1.54) is 32.1 Å². The standard InChI is InChI=1S/C28H40O4/c1-3-23(2)22-32-28(30)26-14-12-24(13-15-26)25-16-18-27(19-17-25)31-21-11-9-7-5-4-6-8-10-20-29/h12-19,23,29H,3-11,20-22H2,1-2H3. The van der Waals surface area contributed by atoms with E-state index in [9.17, 15) is 4.79 Å². The first-order valence-corrected chi connectivity index (χ1v) is 12.2. The van der Waals surface area contributed by atoms with Crippen molar-refractivity contribution in [1.82, 2.24) is 0 Å². The molecular weight excluding hydrogens is 400 g/mol. The molecule has 0 fully saturated rings. The number of carbonyl (C=O) groups excluding carboxylic acids is 1.